The molecule has 1 atom stereocenters. The Morgan fingerprint density at radius 2 is 1.66 bits per heavy atom. The van der Waals surface area contributed by atoms with E-state index >= 15 is 0 Å². The molecule has 38 heavy (non-hydrogen) atoms. The van der Waals surface area contributed by atoms with Crippen LogP contribution < -0.4 is 9.62 Å². The van der Waals surface area contributed by atoms with E-state index in [1.807, 2.05) is 56.3 Å². The molecule has 0 aliphatic heterocycles. The molecule has 0 aromatic heterocycles. The molecule has 2 aromatic carbocycles. The van der Waals surface area contributed by atoms with E-state index in [4.69, 9.17) is 0 Å². The maximum absolute atomic E-state index is 13.4. The quantitative estimate of drug-likeness (QED) is 0.420. The summed E-state index contributed by atoms with van der Waals surface area (Å²) in [6, 6.07) is 15.1. The Balaban J connectivity index is 1.68. The van der Waals surface area contributed by atoms with Crippen molar-refractivity contribution in [3.63, 3.8) is 0 Å². The van der Waals surface area contributed by atoms with Crippen LogP contribution in [0.15, 0.2) is 48.5 Å². The number of carbonyl (C=O) groups excluding carboxylic acids is 2. The van der Waals surface area contributed by atoms with Crippen LogP contribution in [0.1, 0.15) is 68.6 Å². The molecule has 0 heterocycles. The number of amides is 2. The zero-order valence-corrected chi connectivity index (χ0v) is 24.1. The molecule has 0 bridgehead atoms. The molecular weight excluding hydrogens is 498 g/mol. The lowest BCUT2D eigenvalue weighted by atomic mass is 9.95. The number of carbonyl (C=O) groups is 2. The molecule has 0 saturated heterocycles. The second-order valence-electron chi connectivity index (χ2n) is 10.5. The molecule has 1 N–H and O–H groups in total. The molecule has 1 aliphatic carbocycles. The van der Waals surface area contributed by atoms with Gasteiger partial charge in [-0.25, -0.2) is 8.42 Å². The van der Waals surface area contributed by atoms with Crippen LogP contribution in [0.3, 0.4) is 0 Å². The van der Waals surface area contributed by atoms with Gasteiger partial charge >= 0.3 is 0 Å². The molecule has 2 amide bonds. The van der Waals surface area contributed by atoms with E-state index in [0.717, 1.165) is 42.4 Å². The largest absolute Gasteiger partial charge is 0.352 e. The van der Waals surface area contributed by atoms with E-state index in [1.54, 1.807) is 17.9 Å². The Bertz CT molecular complexity index is 1180. The van der Waals surface area contributed by atoms with Gasteiger partial charge in [-0.2, -0.15) is 0 Å². The van der Waals surface area contributed by atoms with E-state index in [2.05, 4.69) is 5.32 Å². The number of rotatable bonds is 12. The van der Waals surface area contributed by atoms with Crippen LogP contribution in [0.5, 0.6) is 0 Å². The van der Waals surface area contributed by atoms with Crippen LogP contribution >= 0.6 is 0 Å². The van der Waals surface area contributed by atoms with Gasteiger partial charge in [0.25, 0.3) is 0 Å². The van der Waals surface area contributed by atoms with Crippen LogP contribution in [-0.2, 0) is 26.0 Å². The van der Waals surface area contributed by atoms with E-state index < -0.39 is 16.1 Å². The highest BCUT2D eigenvalue weighted by atomic mass is 32.2. The topological polar surface area (TPSA) is 86.8 Å². The van der Waals surface area contributed by atoms with Crippen molar-refractivity contribution in [3.05, 3.63) is 65.2 Å². The van der Waals surface area contributed by atoms with Gasteiger partial charge in [-0.1, -0.05) is 55.7 Å². The average molecular weight is 542 g/mol. The zero-order valence-electron chi connectivity index (χ0n) is 23.3. The smallest absolute Gasteiger partial charge is 0.242 e. The lowest BCUT2D eigenvalue weighted by molar-refractivity contribution is -0.140. The van der Waals surface area contributed by atoms with Crippen molar-refractivity contribution in [1.82, 2.24) is 10.2 Å². The van der Waals surface area contributed by atoms with E-state index in [0.29, 0.717) is 25.1 Å². The molecule has 3 rings (SSSR count). The van der Waals surface area contributed by atoms with Gasteiger partial charge < -0.3 is 10.2 Å². The van der Waals surface area contributed by atoms with Crippen LogP contribution in [0.2, 0.25) is 0 Å². The predicted molar refractivity (Wildman–Crippen MR) is 154 cm³/mol. The summed E-state index contributed by atoms with van der Waals surface area (Å²) in [4.78, 5) is 28.2. The second kappa shape index (κ2) is 13.8. The minimum atomic E-state index is -3.51. The number of nitrogens with zero attached hydrogens (tertiary/aromatic N) is 2. The first-order chi connectivity index (χ1) is 18.1. The lowest BCUT2D eigenvalue weighted by Crippen LogP contribution is -2.51. The molecule has 0 spiro atoms. The first kappa shape index (κ1) is 29.7. The minimum absolute atomic E-state index is 0.119. The Kier molecular flexibility index (Phi) is 10.8. The van der Waals surface area contributed by atoms with Crippen molar-refractivity contribution in [1.29, 1.82) is 0 Å². The summed E-state index contributed by atoms with van der Waals surface area (Å²) in [6.45, 7) is 6.35. The molecule has 0 radical (unpaired) electrons. The lowest BCUT2D eigenvalue weighted by Gasteiger charge is -2.31. The second-order valence-corrected chi connectivity index (χ2v) is 12.5. The van der Waals surface area contributed by atoms with Gasteiger partial charge in [0.1, 0.15) is 6.04 Å². The summed E-state index contributed by atoms with van der Waals surface area (Å²) in [7, 11) is -3.51. The third kappa shape index (κ3) is 8.58. The number of anilines is 1. The fourth-order valence-electron chi connectivity index (χ4n) is 5.02. The fraction of sp³-hybridized carbons (Fsp3) is 0.533. The number of benzene rings is 2. The van der Waals surface area contributed by atoms with Gasteiger partial charge in [-0.3, -0.25) is 13.9 Å². The summed E-state index contributed by atoms with van der Waals surface area (Å²) in [5, 5.41) is 3.16. The number of hydrogen-bond donors (Lipinski definition) is 1. The standard InChI is InChI=1S/C30H43N3O4S/c1-23-17-18-28(22-24(23)2)33(38(4,36)37)20-11-16-29(34)32(21-19-26-12-7-5-8-13-26)25(3)30(35)31-27-14-9-6-10-15-27/h5,7-8,12-13,17-18,22,25,27H,6,9-11,14-16,19-21H2,1-4H3,(H,31,35)/t25-/m1/s1. The number of aryl methyl sites for hydroxylation is 2. The Morgan fingerprint density at radius 3 is 2.29 bits per heavy atom. The Morgan fingerprint density at radius 1 is 0.974 bits per heavy atom. The fourth-order valence-corrected chi connectivity index (χ4v) is 5.98. The highest BCUT2D eigenvalue weighted by Gasteiger charge is 2.28. The summed E-state index contributed by atoms with van der Waals surface area (Å²) in [5.41, 5.74) is 3.80. The number of nitrogens with one attached hydrogen (secondary N) is 1. The molecule has 2 aromatic rings. The normalized spacial score (nSPS) is 15.1. The van der Waals surface area contributed by atoms with E-state index in [9.17, 15) is 18.0 Å². The van der Waals surface area contributed by atoms with Gasteiger partial charge in [-0.05, 0) is 75.3 Å². The van der Waals surface area contributed by atoms with Crippen LogP contribution in [0.4, 0.5) is 5.69 Å². The minimum Gasteiger partial charge on any atom is -0.352 e. The van der Waals surface area contributed by atoms with Crippen molar-refractivity contribution < 1.29 is 18.0 Å². The predicted octanol–water partition coefficient (Wildman–Crippen LogP) is 4.76. The third-order valence-electron chi connectivity index (χ3n) is 7.53. The average Bonchev–Trinajstić information content (AvgIpc) is 2.89. The highest BCUT2D eigenvalue weighted by molar-refractivity contribution is 7.92. The molecule has 0 unspecified atom stereocenters. The van der Waals surface area contributed by atoms with Crippen LogP contribution in [0, 0.1) is 13.8 Å². The molecule has 208 valence electrons. The van der Waals surface area contributed by atoms with Crippen molar-refractivity contribution in [2.24, 2.45) is 0 Å². The summed E-state index contributed by atoms with van der Waals surface area (Å²) in [5.74, 6) is -0.257. The van der Waals surface area contributed by atoms with E-state index in [-0.39, 0.29) is 30.8 Å². The Labute approximate surface area is 228 Å². The van der Waals surface area contributed by atoms with Crippen LogP contribution in [-0.4, -0.2) is 56.6 Å². The van der Waals surface area contributed by atoms with Gasteiger partial charge in [0, 0.05) is 25.6 Å². The maximum Gasteiger partial charge on any atom is 0.242 e. The zero-order chi connectivity index (χ0) is 27.7. The summed E-state index contributed by atoms with van der Waals surface area (Å²) < 4.78 is 26.5. The SMILES string of the molecule is Cc1ccc(N(CCCC(=O)N(CCc2ccccc2)[C@H](C)C(=O)NC2CCCCC2)S(C)(=O)=O)cc1C. The first-order valence-corrected chi connectivity index (χ1v) is 15.6. The van der Waals surface area contributed by atoms with Crippen molar-refractivity contribution in [2.75, 3.05) is 23.7 Å². The molecule has 1 aliphatic rings. The molecule has 8 heteroatoms. The van der Waals surface area contributed by atoms with Gasteiger partial charge in [0.15, 0.2) is 0 Å². The Hall–Kier alpha value is -2.87. The van der Waals surface area contributed by atoms with Gasteiger partial charge in [0.05, 0.1) is 11.9 Å². The van der Waals surface area contributed by atoms with Gasteiger partial charge in [-0.15, -0.1) is 0 Å². The third-order valence-corrected chi connectivity index (χ3v) is 8.73. The molecular formula is C30H43N3O4S. The van der Waals surface area contributed by atoms with Crippen LogP contribution in [0.25, 0.3) is 0 Å². The molecule has 1 saturated carbocycles. The monoisotopic (exact) mass is 541 g/mol. The van der Waals surface area contributed by atoms with Crippen molar-refractivity contribution >= 4 is 27.5 Å². The van der Waals surface area contributed by atoms with Crippen molar-refractivity contribution in [3.8, 4) is 0 Å². The number of hydrogen-bond acceptors (Lipinski definition) is 4. The number of sulfonamides is 1. The maximum atomic E-state index is 13.4. The first-order valence-electron chi connectivity index (χ1n) is 13.7. The highest BCUT2D eigenvalue weighted by Crippen LogP contribution is 2.22. The molecule has 7 nitrogen and oxygen atoms in total. The molecule has 1 fully saturated rings. The van der Waals surface area contributed by atoms with Gasteiger partial charge in [0.2, 0.25) is 21.8 Å². The van der Waals surface area contributed by atoms with Crippen molar-refractivity contribution in [2.45, 2.75) is 84.2 Å². The van der Waals surface area contributed by atoms with E-state index in [1.165, 1.54) is 17.0 Å². The summed E-state index contributed by atoms with van der Waals surface area (Å²) >= 11 is 0. The summed E-state index contributed by atoms with van der Waals surface area (Å²) in [6.07, 6.45) is 7.76.